The fourth-order valence-electron chi connectivity index (χ4n) is 2.80. The van der Waals surface area contributed by atoms with Crippen molar-refractivity contribution in [2.24, 2.45) is 5.10 Å². The Morgan fingerprint density at radius 2 is 2.07 bits per heavy atom. The molecule has 140 valence electrons. The number of pyridine rings is 1. The van der Waals surface area contributed by atoms with Crippen LogP contribution in [0.15, 0.2) is 29.6 Å². The first-order chi connectivity index (χ1) is 13.1. The van der Waals surface area contributed by atoms with E-state index in [9.17, 15) is 14.4 Å². The molecule has 2 aromatic rings. The number of methoxy groups -OCH3 is 1. The first-order valence-electron chi connectivity index (χ1n) is 8.37. The number of hydrogen-bond acceptors (Lipinski definition) is 7. The van der Waals surface area contributed by atoms with Gasteiger partial charge in [-0.2, -0.15) is 5.10 Å². The maximum atomic E-state index is 12.2. The van der Waals surface area contributed by atoms with Crippen molar-refractivity contribution in [3.8, 4) is 0 Å². The van der Waals surface area contributed by atoms with Crippen LogP contribution in [0.25, 0.3) is 0 Å². The van der Waals surface area contributed by atoms with E-state index in [1.807, 2.05) is 0 Å². The van der Waals surface area contributed by atoms with Crippen LogP contribution in [-0.4, -0.2) is 36.1 Å². The van der Waals surface area contributed by atoms with Crippen molar-refractivity contribution in [3.63, 3.8) is 0 Å². The van der Waals surface area contributed by atoms with Crippen LogP contribution in [0, 0.1) is 0 Å². The van der Waals surface area contributed by atoms with Crippen LogP contribution < -0.4 is 10.7 Å². The van der Waals surface area contributed by atoms with E-state index in [4.69, 9.17) is 4.74 Å². The van der Waals surface area contributed by atoms with E-state index in [2.05, 4.69) is 20.8 Å². The Labute approximate surface area is 159 Å². The number of anilines is 1. The van der Waals surface area contributed by atoms with Crippen LogP contribution in [0.4, 0.5) is 5.00 Å². The Balaban J connectivity index is 1.70. The largest absolute Gasteiger partial charge is 0.465 e. The average molecular weight is 386 g/mol. The van der Waals surface area contributed by atoms with Gasteiger partial charge in [-0.1, -0.05) is 6.07 Å². The van der Waals surface area contributed by atoms with E-state index >= 15 is 0 Å². The van der Waals surface area contributed by atoms with Gasteiger partial charge in [0.05, 0.1) is 18.9 Å². The van der Waals surface area contributed by atoms with E-state index in [1.54, 1.807) is 24.5 Å². The number of carbonyl (C=O) groups is 3. The van der Waals surface area contributed by atoms with E-state index in [0.29, 0.717) is 16.1 Å². The number of carbonyl (C=O) groups excluding carboxylic acids is 3. The zero-order valence-electron chi connectivity index (χ0n) is 14.7. The Morgan fingerprint density at radius 3 is 2.81 bits per heavy atom. The van der Waals surface area contributed by atoms with Gasteiger partial charge in [0.25, 0.3) is 0 Å². The number of amides is 2. The van der Waals surface area contributed by atoms with Crippen LogP contribution in [0.3, 0.4) is 0 Å². The van der Waals surface area contributed by atoms with Gasteiger partial charge in [0.15, 0.2) is 0 Å². The molecule has 8 nitrogen and oxygen atoms in total. The standard InChI is InChI=1S/C18H18N4O4S/c1-26-18(25)14-12-6-2-3-7-13(12)27-17(14)21-15(23)16(24)22-20-10-11-5-4-8-19-9-11/h4-5,8-10H,2-3,6-7H2,1H3,(H,21,23)(H,22,24)/b20-10-. The second kappa shape index (κ2) is 8.54. The monoisotopic (exact) mass is 386 g/mol. The number of nitrogens with zero attached hydrogens (tertiary/aromatic N) is 2. The molecular weight excluding hydrogens is 368 g/mol. The van der Waals surface area contributed by atoms with Gasteiger partial charge in [-0.15, -0.1) is 11.3 Å². The number of hydrazone groups is 1. The smallest absolute Gasteiger partial charge is 0.341 e. The third-order valence-corrected chi connectivity index (χ3v) is 5.27. The number of rotatable bonds is 4. The van der Waals surface area contributed by atoms with Crippen molar-refractivity contribution in [2.75, 3.05) is 12.4 Å². The first-order valence-corrected chi connectivity index (χ1v) is 9.19. The Kier molecular flexibility index (Phi) is 5.92. The zero-order chi connectivity index (χ0) is 19.2. The summed E-state index contributed by atoms with van der Waals surface area (Å²) in [6, 6.07) is 3.48. The minimum atomic E-state index is -0.933. The number of nitrogens with one attached hydrogen (secondary N) is 2. The fraction of sp³-hybridized carbons (Fsp3) is 0.278. The summed E-state index contributed by atoms with van der Waals surface area (Å²) in [5, 5.41) is 6.58. The molecule has 1 aliphatic carbocycles. The predicted octanol–water partition coefficient (Wildman–Crippen LogP) is 1.90. The molecule has 2 N–H and O–H groups in total. The van der Waals surface area contributed by atoms with Crippen LogP contribution in [-0.2, 0) is 27.2 Å². The number of aryl methyl sites for hydroxylation is 1. The Bertz CT molecular complexity index is 892. The molecule has 0 unspecified atom stereocenters. The molecule has 0 saturated heterocycles. The lowest BCUT2D eigenvalue weighted by Gasteiger charge is -2.11. The lowest BCUT2D eigenvalue weighted by Crippen LogP contribution is -2.32. The van der Waals surface area contributed by atoms with Crippen molar-refractivity contribution in [1.82, 2.24) is 10.4 Å². The molecule has 2 aromatic heterocycles. The summed E-state index contributed by atoms with van der Waals surface area (Å²) in [4.78, 5) is 41.3. The van der Waals surface area contributed by atoms with Crippen LogP contribution in [0.1, 0.15) is 39.2 Å². The minimum absolute atomic E-state index is 0.338. The number of thiophene rings is 1. The van der Waals surface area contributed by atoms with Gasteiger partial charge >= 0.3 is 17.8 Å². The van der Waals surface area contributed by atoms with Gasteiger partial charge in [0, 0.05) is 22.8 Å². The highest BCUT2D eigenvalue weighted by molar-refractivity contribution is 7.17. The molecule has 2 amide bonds. The van der Waals surface area contributed by atoms with E-state index < -0.39 is 17.8 Å². The van der Waals surface area contributed by atoms with Crippen molar-refractivity contribution in [1.29, 1.82) is 0 Å². The Morgan fingerprint density at radius 1 is 1.26 bits per heavy atom. The van der Waals surface area contributed by atoms with E-state index in [0.717, 1.165) is 36.1 Å². The second-order valence-electron chi connectivity index (χ2n) is 5.85. The first kappa shape index (κ1) is 18.7. The third-order valence-electron chi connectivity index (χ3n) is 4.06. The second-order valence-corrected chi connectivity index (χ2v) is 6.95. The summed E-state index contributed by atoms with van der Waals surface area (Å²) in [5.41, 5.74) is 4.08. The van der Waals surface area contributed by atoms with Crippen LogP contribution in [0.2, 0.25) is 0 Å². The highest BCUT2D eigenvalue weighted by Crippen LogP contribution is 2.38. The Hall–Kier alpha value is -3.07. The van der Waals surface area contributed by atoms with Gasteiger partial charge < -0.3 is 10.1 Å². The average Bonchev–Trinajstić information content (AvgIpc) is 3.05. The van der Waals surface area contributed by atoms with Gasteiger partial charge in [0.2, 0.25) is 0 Å². The highest BCUT2D eigenvalue weighted by Gasteiger charge is 2.28. The third kappa shape index (κ3) is 4.37. The van der Waals surface area contributed by atoms with Gasteiger partial charge in [-0.25, -0.2) is 10.2 Å². The molecule has 0 atom stereocenters. The molecule has 1 aliphatic rings. The maximum Gasteiger partial charge on any atom is 0.341 e. The lowest BCUT2D eigenvalue weighted by molar-refractivity contribution is -0.136. The summed E-state index contributed by atoms with van der Waals surface area (Å²) < 4.78 is 4.84. The number of aromatic nitrogens is 1. The molecule has 27 heavy (non-hydrogen) atoms. The summed E-state index contributed by atoms with van der Waals surface area (Å²) in [6.45, 7) is 0. The maximum absolute atomic E-state index is 12.2. The van der Waals surface area contributed by atoms with Crippen molar-refractivity contribution < 1.29 is 19.1 Å². The van der Waals surface area contributed by atoms with Crippen molar-refractivity contribution in [3.05, 3.63) is 46.1 Å². The van der Waals surface area contributed by atoms with Crippen molar-refractivity contribution >= 4 is 40.3 Å². The molecule has 9 heteroatoms. The number of fused-ring (bicyclic) bond motifs is 1. The van der Waals surface area contributed by atoms with E-state index in [1.165, 1.54) is 24.7 Å². The van der Waals surface area contributed by atoms with Crippen LogP contribution >= 0.6 is 11.3 Å². The molecule has 0 bridgehead atoms. The van der Waals surface area contributed by atoms with Gasteiger partial charge in [-0.05, 0) is 37.3 Å². The number of esters is 1. The van der Waals surface area contributed by atoms with Gasteiger partial charge in [-0.3, -0.25) is 14.6 Å². The molecule has 0 saturated carbocycles. The summed E-state index contributed by atoms with van der Waals surface area (Å²) in [5.74, 6) is -2.35. The molecule has 0 aliphatic heterocycles. The lowest BCUT2D eigenvalue weighted by atomic mass is 9.95. The summed E-state index contributed by atoms with van der Waals surface area (Å²) in [7, 11) is 1.29. The van der Waals surface area contributed by atoms with Crippen LogP contribution in [0.5, 0.6) is 0 Å². The van der Waals surface area contributed by atoms with E-state index in [-0.39, 0.29) is 0 Å². The zero-order valence-corrected chi connectivity index (χ0v) is 15.5. The molecule has 0 radical (unpaired) electrons. The predicted molar refractivity (Wildman–Crippen MR) is 101 cm³/mol. The SMILES string of the molecule is COC(=O)c1c(NC(=O)C(=O)N/N=C\c2cccnc2)sc2c1CCCC2. The molecule has 0 fully saturated rings. The molecule has 2 heterocycles. The quantitative estimate of drug-likeness (QED) is 0.361. The highest BCUT2D eigenvalue weighted by atomic mass is 32.1. The van der Waals surface area contributed by atoms with Gasteiger partial charge in [0.1, 0.15) is 5.00 Å². The van der Waals surface area contributed by atoms with Crippen molar-refractivity contribution in [2.45, 2.75) is 25.7 Å². The normalized spacial score (nSPS) is 13.1. The number of ether oxygens (including phenoxy) is 1. The summed E-state index contributed by atoms with van der Waals surface area (Å²) >= 11 is 1.31. The minimum Gasteiger partial charge on any atom is -0.465 e. The topological polar surface area (TPSA) is 110 Å². The fourth-order valence-corrected chi connectivity index (χ4v) is 4.07. The molecule has 0 spiro atoms. The molecule has 3 rings (SSSR count). The molecule has 0 aromatic carbocycles. The molecular formula is C18H18N4O4S. The summed E-state index contributed by atoms with van der Waals surface area (Å²) in [6.07, 6.45) is 8.17. The number of hydrogen-bond donors (Lipinski definition) is 2.